The molecular weight excluding hydrogens is 610 g/mol. The van der Waals surface area contributed by atoms with Crippen LogP contribution in [0.3, 0.4) is 0 Å². The summed E-state index contributed by atoms with van der Waals surface area (Å²) in [6.45, 7) is 8.82. The number of imide groups is 1. The Morgan fingerprint density at radius 2 is 1.56 bits per heavy atom. The summed E-state index contributed by atoms with van der Waals surface area (Å²) in [4.78, 5) is 87.5. The van der Waals surface area contributed by atoms with Gasteiger partial charge in [-0.05, 0) is 31.6 Å². The number of Topliss-reactive ketones (excluding diaryl/α,β-unsaturated/α-hetero) is 2. The number of nitrogens with one attached hydrogen (secondary N) is 3. The lowest BCUT2D eigenvalue weighted by Gasteiger charge is -2.28. The molecule has 0 saturated carbocycles. The monoisotopic (exact) mass is 657 g/mol. The van der Waals surface area contributed by atoms with Gasteiger partial charge in [0.25, 0.3) is 21.9 Å². The smallest absolute Gasteiger partial charge is 0.312 e. The number of ketones is 2. The Morgan fingerprint density at radius 1 is 0.956 bits per heavy atom. The van der Waals surface area contributed by atoms with Gasteiger partial charge in [0.2, 0.25) is 11.8 Å². The van der Waals surface area contributed by atoms with Crippen molar-refractivity contribution in [2.24, 2.45) is 23.0 Å². The van der Waals surface area contributed by atoms with Gasteiger partial charge in [0.05, 0.1) is 6.04 Å². The average Bonchev–Trinajstić information content (AvgIpc) is 3.22. The molecule has 1 aliphatic rings. The molecule has 0 aromatic rings. The second-order valence-corrected chi connectivity index (χ2v) is 14.0. The van der Waals surface area contributed by atoms with Crippen LogP contribution < -0.4 is 21.7 Å². The summed E-state index contributed by atoms with van der Waals surface area (Å²) in [6.07, 6.45) is 3.84. The van der Waals surface area contributed by atoms with Crippen LogP contribution in [0.15, 0.2) is 12.2 Å². The SMILES string of the molecule is CC(C)[C@@H](NC(=O)[C@@H](CS(=O)(=O)O)NC(=O)CCCCCN1C(=O)C=CC1=O)C(=O)C[C@H](CCCNC(N)=O)C(=O)C(C)(C)C. The lowest BCUT2D eigenvalue weighted by molar-refractivity contribution is -0.137. The molecule has 0 saturated heterocycles. The maximum atomic E-state index is 13.4. The number of rotatable bonds is 20. The van der Waals surface area contributed by atoms with Crippen molar-refractivity contribution in [1.82, 2.24) is 20.9 Å². The predicted molar refractivity (Wildman–Crippen MR) is 164 cm³/mol. The highest BCUT2D eigenvalue weighted by atomic mass is 32.2. The first-order chi connectivity index (χ1) is 20.7. The Kier molecular flexibility index (Phi) is 15.5. The summed E-state index contributed by atoms with van der Waals surface area (Å²) in [5.74, 6) is -5.51. The van der Waals surface area contributed by atoms with Gasteiger partial charge in [-0.25, -0.2) is 4.79 Å². The van der Waals surface area contributed by atoms with Crippen molar-refractivity contribution in [2.45, 2.75) is 91.6 Å². The first-order valence-corrected chi connectivity index (χ1v) is 16.5. The van der Waals surface area contributed by atoms with Gasteiger partial charge >= 0.3 is 6.03 Å². The highest BCUT2D eigenvalue weighted by Crippen LogP contribution is 2.27. The normalized spacial score (nSPS) is 15.5. The van der Waals surface area contributed by atoms with E-state index in [4.69, 9.17) is 5.73 Å². The molecule has 0 unspecified atom stereocenters. The molecule has 45 heavy (non-hydrogen) atoms. The van der Waals surface area contributed by atoms with Gasteiger partial charge in [0, 0.05) is 49.4 Å². The summed E-state index contributed by atoms with van der Waals surface area (Å²) in [6, 6.07) is -3.56. The number of carbonyl (C=O) groups excluding carboxylic acids is 7. The van der Waals surface area contributed by atoms with Crippen molar-refractivity contribution in [1.29, 1.82) is 0 Å². The Bertz CT molecular complexity index is 1240. The zero-order valence-electron chi connectivity index (χ0n) is 26.6. The van der Waals surface area contributed by atoms with E-state index in [1.54, 1.807) is 34.6 Å². The fourth-order valence-electron chi connectivity index (χ4n) is 4.78. The van der Waals surface area contributed by atoms with Crippen molar-refractivity contribution in [2.75, 3.05) is 18.8 Å². The highest BCUT2D eigenvalue weighted by Gasteiger charge is 2.35. The Hall–Kier alpha value is -3.66. The number of hydrogen-bond acceptors (Lipinski definition) is 9. The second-order valence-electron chi connectivity index (χ2n) is 12.5. The fraction of sp³-hybridized carbons (Fsp3) is 0.690. The average molecular weight is 658 g/mol. The van der Waals surface area contributed by atoms with E-state index in [9.17, 15) is 46.5 Å². The van der Waals surface area contributed by atoms with Gasteiger partial charge in [-0.1, -0.05) is 41.0 Å². The molecule has 0 fully saturated rings. The van der Waals surface area contributed by atoms with Crippen LogP contribution in [0.25, 0.3) is 0 Å². The molecule has 0 aromatic heterocycles. The third-order valence-electron chi connectivity index (χ3n) is 7.11. The van der Waals surface area contributed by atoms with Crippen LogP contribution in [0.5, 0.6) is 0 Å². The predicted octanol–water partition coefficient (Wildman–Crippen LogP) is 0.624. The molecule has 1 aliphatic heterocycles. The zero-order valence-corrected chi connectivity index (χ0v) is 27.4. The molecule has 16 heteroatoms. The van der Waals surface area contributed by atoms with E-state index >= 15 is 0 Å². The van der Waals surface area contributed by atoms with Crippen LogP contribution in [-0.2, 0) is 38.9 Å². The van der Waals surface area contributed by atoms with Gasteiger partial charge in [-0.2, -0.15) is 8.42 Å². The summed E-state index contributed by atoms with van der Waals surface area (Å²) >= 11 is 0. The van der Waals surface area contributed by atoms with Crippen LogP contribution in [0.1, 0.15) is 79.6 Å². The third-order valence-corrected chi connectivity index (χ3v) is 7.87. The maximum Gasteiger partial charge on any atom is 0.312 e. The van der Waals surface area contributed by atoms with Crippen molar-refractivity contribution in [3.63, 3.8) is 0 Å². The van der Waals surface area contributed by atoms with E-state index in [2.05, 4.69) is 16.0 Å². The molecule has 1 heterocycles. The van der Waals surface area contributed by atoms with Crippen molar-refractivity contribution >= 4 is 51.3 Å². The molecule has 0 radical (unpaired) electrons. The van der Waals surface area contributed by atoms with Crippen LogP contribution in [0.4, 0.5) is 4.79 Å². The number of amides is 6. The molecular formula is C29H47N5O10S. The number of carbonyl (C=O) groups is 7. The molecule has 6 amide bonds. The Labute approximate surface area is 264 Å². The van der Waals surface area contributed by atoms with Crippen LogP contribution in [0.2, 0.25) is 0 Å². The lowest BCUT2D eigenvalue weighted by atomic mass is 9.78. The first-order valence-electron chi connectivity index (χ1n) is 14.9. The summed E-state index contributed by atoms with van der Waals surface area (Å²) in [5, 5.41) is 7.21. The van der Waals surface area contributed by atoms with E-state index in [1.165, 1.54) is 12.2 Å². The number of hydrogen-bond donors (Lipinski definition) is 5. The molecule has 15 nitrogen and oxygen atoms in total. The van der Waals surface area contributed by atoms with Gasteiger partial charge in [0.15, 0.2) is 5.78 Å². The molecule has 0 aromatic carbocycles. The third kappa shape index (κ3) is 14.8. The minimum absolute atomic E-state index is 0.108. The standard InChI is InChI=1S/C29H47N5O10S/c1-18(2)25(21(35)16-19(26(39)29(3,4)5)10-9-14-31-28(30)41)33-27(40)20(17-45(42,43)44)32-22(36)11-7-6-8-15-34-23(37)12-13-24(34)38/h12-13,18-20,25H,6-11,14-17H2,1-5H3,(H,32,36)(H,33,40)(H3,30,31,41)(H,42,43,44)/t19-,20+,25+/m0/s1. The molecule has 6 N–H and O–H groups in total. The summed E-state index contributed by atoms with van der Waals surface area (Å²) < 4.78 is 32.8. The fourth-order valence-corrected chi connectivity index (χ4v) is 5.44. The molecule has 0 spiro atoms. The van der Waals surface area contributed by atoms with E-state index in [1.807, 2.05) is 0 Å². The van der Waals surface area contributed by atoms with Gasteiger partial charge in [-0.3, -0.25) is 38.2 Å². The number of unbranched alkanes of at least 4 members (excludes halogenated alkanes) is 2. The van der Waals surface area contributed by atoms with Crippen molar-refractivity contribution in [3.8, 4) is 0 Å². The number of nitrogens with zero attached hydrogens (tertiary/aromatic N) is 1. The molecule has 3 atom stereocenters. The first kappa shape index (κ1) is 39.4. The minimum Gasteiger partial charge on any atom is -0.352 e. The Morgan fingerprint density at radius 3 is 2.07 bits per heavy atom. The van der Waals surface area contributed by atoms with Crippen LogP contribution in [-0.4, -0.2) is 90.0 Å². The lowest BCUT2D eigenvalue weighted by Crippen LogP contribution is -2.55. The molecule has 0 aliphatic carbocycles. The van der Waals surface area contributed by atoms with Gasteiger partial charge in [0.1, 0.15) is 17.6 Å². The number of urea groups is 1. The Balaban J connectivity index is 2.88. The largest absolute Gasteiger partial charge is 0.352 e. The van der Waals surface area contributed by atoms with E-state index in [0.29, 0.717) is 25.7 Å². The topological polar surface area (TPSA) is 239 Å². The van der Waals surface area contributed by atoms with Crippen molar-refractivity contribution < 1.29 is 46.5 Å². The van der Waals surface area contributed by atoms with Crippen molar-refractivity contribution in [3.05, 3.63) is 12.2 Å². The molecule has 0 bridgehead atoms. The highest BCUT2D eigenvalue weighted by molar-refractivity contribution is 7.85. The van der Waals surface area contributed by atoms with E-state index < -0.39 is 80.6 Å². The number of primary amides is 1. The van der Waals surface area contributed by atoms with Crippen LogP contribution >= 0.6 is 0 Å². The van der Waals surface area contributed by atoms with E-state index in [-0.39, 0.29) is 38.1 Å². The maximum absolute atomic E-state index is 13.4. The quantitative estimate of drug-likeness (QED) is 0.0695. The zero-order chi connectivity index (χ0) is 34.5. The minimum atomic E-state index is -4.72. The molecule has 1 rings (SSSR count). The summed E-state index contributed by atoms with van der Waals surface area (Å²) in [7, 11) is -4.72. The van der Waals surface area contributed by atoms with E-state index in [0.717, 1.165) is 4.90 Å². The van der Waals surface area contributed by atoms with Gasteiger partial charge < -0.3 is 21.7 Å². The second kappa shape index (κ2) is 17.7. The number of nitrogens with two attached hydrogens (primary N) is 1. The summed E-state index contributed by atoms with van der Waals surface area (Å²) in [5.41, 5.74) is 4.31. The molecule has 254 valence electrons. The van der Waals surface area contributed by atoms with Crippen LogP contribution in [0, 0.1) is 17.3 Å². The van der Waals surface area contributed by atoms with Gasteiger partial charge in [-0.15, -0.1) is 0 Å².